The Bertz CT molecular complexity index is 746. The van der Waals surface area contributed by atoms with Crippen LogP contribution in [0.15, 0.2) is 35.7 Å². The summed E-state index contributed by atoms with van der Waals surface area (Å²) in [5.74, 6) is 0.818. The number of methoxy groups -OCH3 is 1. The van der Waals surface area contributed by atoms with Crippen molar-refractivity contribution in [1.29, 1.82) is 0 Å². The first-order chi connectivity index (χ1) is 12.1. The fourth-order valence-corrected chi connectivity index (χ4v) is 3.94. The van der Waals surface area contributed by atoms with E-state index in [0.717, 1.165) is 22.6 Å². The van der Waals surface area contributed by atoms with E-state index in [9.17, 15) is 9.59 Å². The molecule has 5 nitrogen and oxygen atoms in total. The Morgan fingerprint density at radius 3 is 2.16 bits per heavy atom. The molecule has 0 unspecified atom stereocenters. The van der Waals surface area contributed by atoms with Gasteiger partial charge in [-0.25, -0.2) is 0 Å². The summed E-state index contributed by atoms with van der Waals surface area (Å²) in [6.45, 7) is 4.32. The molecular formula is C19H22N2O3S. The lowest BCUT2D eigenvalue weighted by atomic mass is 10.1. The van der Waals surface area contributed by atoms with Crippen molar-refractivity contribution in [3.8, 4) is 5.75 Å². The molecule has 25 heavy (non-hydrogen) atoms. The number of carbonyl (C=O) groups is 2. The van der Waals surface area contributed by atoms with Crippen LogP contribution >= 0.6 is 11.3 Å². The lowest BCUT2D eigenvalue weighted by Gasteiger charge is -2.34. The van der Waals surface area contributed by atoms with Gasteiger partial charge in [0, 0.05) is 31.7 Å². The fraction of sp³-hybridized carbons (Fsp3) is 0.368. The molecule has 0 aliphatic carbocycles. The first kappa shape index (κ1) is 17.5. The number of hydrogen-bond donors (Lipinski definition) is 0. The maximum absolute atomic E-state index is 12.7. The molecule has 0 bridgehead atoms. The summed E-state index contributed by atoms with van der Waals surface area (Å²) >= 11 is 1.50. The average molecular weight is 358 g/mol. The third-order valence-electron chi connectivity index (χ3n) is 4.51. The standard InChI is InChI=1S/C19H22N2O3S/c1-3-14-8-13-25-17(14)19(23)21-11-9-20(10-12-21)18(22)15-4-6-16(24-2)7-5-15/h4-8,13H,3,9-12H2,1-2H3. The van der Waals surface area contributed by atoms with Gasteiger partial charge >= 0.3 is 0 Å². The average Bonchev–Trinajstić information content (AvgIpc) is 3.16. The second kappa shape index (κ2) is 7.70. The van der Waals surface area contributed by atoms with Crippen LogP contribution in [0.3, 0.4) is 0 Å². The summed E-state index contributed by atoms with van der Waals surface area (Å²) in [6.07, 6.45) is 0.862. The summed E-state index contributed by atoms with van der Waals surface area (Å²) in [5, 5.41) is 1.97. The molecule has 6 heteroatoms. The molecular weight excluding hydrogens is 336 g/mol. The van der Waals surface area contributed by atoms with Crippen molar-refractivity contribution < 1.29 is 14.3 Å². The number of amides is 2. The number of thiophene rings is 1. The van der Waals surface area contributed by atoms with Crippen LogP contribution in [0.1, 0.15) is 32.5 Å². The molecule has 3 rings (SSSR count). The minimum atomic E-state index is 0.000114. The summed E-state index contributed by atoms with van der Waals surface area (Å²) in [7, 11) is 1.60. The molecule has 132 valence electrons. The maximum atomic E-state index is 12.7. The Morgan fingerprint density at radius 1 is 1.00 bits per heavy atom. The number of hydrogen-bond acceptors (Lipinski definition) is 4. The van der Waals surface area contributed by atoms with Crippen LogP contribution in [0.2, 0.25) is 0 Å². The zero-order valence-corrected chi connectivity index (χ0v) is 15.3. The molecule has 1 aromatic heterocycles. The van der Waals surface area contributed by atoms with E-state index in [2.05, 4.69) is 6.92 Å². The van der Waals surface area contributed by atoms with Crippen LogP contribution in [-0.2, 0) is 6.42 Å². The van der Waals surface area contributed by atoms with Crippen molar-refractivity contribution in [3.05, 3.63) is 51.7 Å². The molecule has 0 spiro atoms. The molecule has 1 aliphatic heterocycles. The number of aryl methyl sites for hydroxylation is 1. The van der Waals surface area contributed by atoms with Gasteiger partial charge in [0.25, 0.3) is 11.8 Å². The van der Waals surface area contributed by atoms with E-state index in [4.69, 9.17) is 4.74 Å². The second-order valence-electron chi connectivity index (χ2n) is 5.94. The van der Waals surface area contributed by atoms with Gasteiger partial charge in [0.15, 0.2) is 0 Å². The molecule has 1 fully saturated rings. The molecule has 2 heterocycles. The summed E-state index contributed by atoms with van der Waals surface area (Å²) < 4.78 is 5.12. The molecule has 1 saturated heterocycles. The number of piperazine rings is 1. The third kappa shape index (κ3) is 3.69. The number of ether oxygens (including phenoxy) is 1. The Kier molecular flexibility index (Phi) is 5.38. The van der Waals surface area contributed by atoms with Crippen molar-refractivity contribution in [2.24, 2.45) is 0 Å². The third-order valence-corrected chi connectivity index (χ3v) is 5.46. The van der Waals surface area contributed by atoms with Crippen LogP contribution in [0.5, 0.6) is 5.75 Å². The van der Waals surface area contributed by atoms with Crippen LogP contribution < -0.4 is 4.74 Å². The van der Waals surface area contributed by atoms with E-state index in [-0.39, 0.29) is 11.8 Å². The van der Waals surface area contributed by atoms with Gasteiger partial charge in [0.2, 0.25) is 0 Å². The molecule has 0 saturated carbocycles. The normalized spacial score (nSPS) is 14.5. The highest BCUT2D eigenvalue weighted by atomic mass is 32.1. The van der Waals surface area contributed by atoms with E-state index >= 15 is 0 Å². The van der Waals surface area contributed by atoms with Crippen LogP contribution in [-0.4, -0.2) is 54.9 Å². The SMILES string of the molecule is CCc1ccsc1C(=O)N1CCN(C(=O)c2ccc(OC)cc2)CC1. The molecule has 0 radical (unpaired) electrons. The highest BCUT2D eigenvalue weighted by molar-refractivity contribution is 7.12. The van der Waals surface area contributed by atoms with Crippen LogP contribution in [0.25, 0.3) is 0 Å². The lowest BCUT2D eigenvalue weighted by Crippen LogP contribution is -2.50. The Hall–Kier alpha value is -2.34. The molecule has 1 aromatic carbocycles. The first-order valence-electron chi connectivity index (χ1n) is 8.43. The number of rotatable bonds is 4. The smallest absolute Gasteiger partial charge is 0.264 e. The summed E-state index contributed by atoms with van der Waals surface area (Å²) in [5.41, 5.74) is 1.75. The Balaban J connectivity index is 1.61. The van der Waals surface area contributed by atoms with Gasteiger partial charge in [0.05, 0.1) is 12.0 Å². The number of benzene rings is 1. The van der Waals surface area contributed by atoms with Gasteiger partial charge in [-0.2, -0.15) is 0 Å². The lowest BCUT2D eigenvalue weighted by molar-refractivity contribution is 0.0537. The summed E-state index contributed by atoms with van der Waals surface area (Å²) in [6, 6.07) is 9.14. The highest BCUT2D eigenvalue weighted by Crippen LogP contribution is 2.21. The van der Waals surface area contributed by atoms with E-state index in [1.807, 2.05) is 16.3 Å². The molecule has 0 N–H and O–H groups in total. The second-order valence-corrected chi connectivity index (χ2v) is 6.86. The first-order valence-corrected chi connectivity index (χ1v) is 9.31. The van der Waals surface area contributed by atoms with E-state index < -0.39 is 0 Å². The monoisotopic (exact) mass is 358 g/mol. The zero-order chi connectivity index (χ0) is 17.8. The fourth-order valence-electron chi connectivity index (χ4n) is 2.97. The van der Waals surface area contributed by atoms with Crippen molar-refractivity contribution in [1.82, 2.24) is 9.80 Å². The maximum Gasteiger partial charge on any atom is 0.264 e. The van der Waals surface area contributed by atoms with Crippen molar-refractivity contribution in [2.75, 3.05) is 33.3 Å². The predicted molar refractivity (Wildman–Crippen MR) is 98.5 cm³/mol. The minimum absolute atomic E-state index is 0.000114. The van der Waals surface area contributed by atoms with Crippen molar-refractivity contribution in [3.63, 3.8) is 0 Å². The Morgan fingerprint density at radius 2 is 1.60 bits per heavy atom. The van der Waals surface area contributed by atoms with Crippen LogP contribution in [0, 0.1) is 0 Å². The molecule has 2 aromatic rings. The molecule has 2 amide bonds. The minimum Gasteiger partial charge on any atom is -0.497 e. The van der Waals surface area contributed by atoms with Gasteiger partial charge in [-0.15, -0.1) is 11.3 Å². The number of carbonyl (C=O) groups excluding carboxylic acids is 2. The predicted octanol–water partition coefficient (Wildman–Crippen LogP) is 2.92. The van der Waals surface area contributed by atoms with Gasteiger partial charge in [-0.3, -0.25) is 9.59 Å². The van der Waals surface area contributed by atoms with Gasteiger partial charge < -0.3 is 14.5 Å². The molecule has 0 atom stereocenters. The Labute approximate surface area is 151 Å². The van der Waals surface area contributed by atoms with E-state index in [1.165, 1.54) is 11.3 Å². The van der Waals surface area contributed by atoms with Crippen LogP contribution in [0.4, 0.5) is 0 Å². The van der Waals surface area contributed by atoms with Gasteiger partial charge in [-0.05, 0) is 47.7 Å². The van der Waals surface area contributed by atoms with Crippen molar-refractivity contribution in [2.45, 2.75) is 13.3 Å². The highest BCUT2D eigenvalue weighted by Gasteiger charge is 2.26. The largest absolute Gasteiger partial charge is 0.497 e. The van der Waals surface area contributed by atoms with E-state index in [1.54, 1.807) is 36.3 Å². The molecule has 1 aliphatic rings. The topological polar surface area (TPSA) is 49.9 Å². The number of nitrogens with zero attached hydrogens (tertiary/aromatic N) is 2. The van der Waals surface area contributed by atoms with Gasteiger partial charge in [-0.1, -0.05) is 6.92 Å². The quantitative estimate of drug-likeness (QED) is 0.844. The zero-order valence-electron chi connectivity index (χ0n) is 14.5. The van der Waals surface area contributed by atoms with Gasteiger partial charge in [0.1, 0.15) is 5.75 Å². The van der Waals surface area contributed by atoms with Crippen molar-refractivity contribution >= 4 is 23.2 Å². The summed E-state index contributed by atoms with van der Waals surface area (Å²) in [4.78, 5) is 29.8. The van der Waals surface area contributed by atoms with E-state index in [0.29, 0.717) is 31.7 Å².